The van der Waals surface area contributed by atoms with Crippen molar-refractivity contribution < 1.29 is 19.4 Å². The van der Waals surface area contributed by atoms with Gasteiger partial charge in [-0.25, -0.2) is 0 Å². The van der Waals surface area contributed by atoms with Crippen molar-refractivity contribution in [2.24, 2.45) is 17.3 Å². The number of hydrogen-bond acceptors (Lipinski definition) is 3. The highest BCUT2D eigenvalue weighted by atomic mass is 16.5. The molecule has 1 N–H and O–H groups in total. The first-order valence-electron chi connectivity index (χ1n) is 7.11. The van der Waals surface area contributed by atoms with E-state index in [9.17, 15) is 14.7 Å². The van der Waals surface area contributed by atoms with Crippen LogP contribution in [0.2, 0.25) is 0 Å². The highest BCUT2D eigenvalue weighted by Crippen LogP contribution is 2.39. The number of aliphatic carboxylic acids is 1. The third kappa shape index (κ3) is 5.24. The molecule has 0 heterocycles. The quantitative estimate of drug-likeness (QED) is 0.442. The first-order valence-corrected chi connectivity index (χ1v) is 7.11. The van der Waals surface area contributed by atoms with Gasteiger partial charge in [-0.05, 0) is 30.6 Å². The minimum atomic E-state index is -0.948. The molecule has 0 aromatic rings. The summed E-state index contributed by atoms with van der Waals surface area (Å²) in [7, 11) is 0. The summed E-state index contributed by atoms with van der Waals surface area (Å²) < 4.78 is 5.33. The zero-order chi connectivity index (χ0) is 15.3. The van der Waals surface area contributed by atoms with Crippen LogP contribution in [0.1, 0.15) is 52.9 Å². The second-order valence-corrected chi connectivity index (χ2v) is 6.58. The summed E-state index contributed by atoms with van der Waals surface area (Å²) in [5.74, 6) is 0.928. The van der Waals surface area contributed by atoms with Crippen LogP contribution in [0.25, 0.3) is 0 Å². The molecule has 1 saturated carbocycles. The van der Waals surface area contributed by atoms with Crippen molar-refractivity contribution in [3.05, 3.63) is 0 Å². The van der Waals surface area contributed by atoms with Crippen LogP contribution in [-0.2, 0) is 14.3 Å². The van der Waals surface area contributed by atoms with Crippen molar-refractivity contribution in [3.8, 4) is 12.3 Å². The van der Waals surface area contributed by atoms with Crippen molar-refractivity contribution in [1.82, 2.24) is 0 Å². The Morgan fingerprint density at radius 3 is 2.60 bits per heavy atom. The lowest BCUT2D eigenvalue weighted by molar-refractivity contribution is -0.156. The van der Waals surface area contributed by atoms with Crippen molar-refractivity contribution in [3.63, 3.8) is 0 Å². The van der Waals surface area contributed by atoms with Gasteiger partial charge in [-0.15, -0.1) is 12.3 Å². The van der Waals surface area contributed by atoms with Crippen molar-refractivity contribution >= 4 is 11.9 Å². The van der Waals surface area contributed by atoms with Crippen LogP contribution < -0.4 is 0 Å². The lowest BCUT2D eigenvalue weighted by Crippen LogP contribution is -2.31. The van der Waals surface area contributed by atoms with E-state index in [1.807, 2.05) is 20.8 Å². The van der Waals surface area contributed by atoms with Gasteiger partial charge >= 0.3 is 11.9 Å². The Kier molecular flexibility index (Phi) is 5.62. The Balaban J connectivity index is 2.34. The second-order valence-electron chi connectivity index (χ2n) is 6.58. The number of esters is 1. The molecule has 112 valence electrons. The molecule has 0 aliphatic heterocycles. The molecule has 0 radical (unpaired) electrons. The lowest BCUT2D eigenvalue weighted by atomic mass is 9.79. The normalized spacial score (nSPS) is 22.7. The van der Waals surface area contributed by atoms with Crippen LogP contribution in [0.5, 0.6) is 0 Å². The fourth-order valence-electron chi connectivity index (χ4n) is 2.28. The molecule has 4 nitrogen and oxygen atoms in total. The maximum Gasteiger partial charge on any atom is 0.307 e. The highest BCUT2D eigenvalue weighted by molar-refractivity contribution is 5.79. The van der Waals surface area contributed by atoms with Gasteiger partial charge in [0.25, 0.3) is 0 Å². The monoisotopic (exact) mass is 280 g/mol. The van der Waals surface area contributed by atoms with E-state index in [0.717, 1.165) is 25.7 Å². The van der Waals surface area contributed by atoms with E-state index in [1.54, 1.807) is 0 Å². The molecule has 0 aromatic carbocycles. The Bertz CT molecular complexity index is 400. The highest BCUT2D eigenvalue weighted by Gasteiger charge is 2.41. The summed E-state index contributed by atoms with van der Waals surface area (Å²) in [6.45, 7) is 5.45. The molecule has 0 amide bonds. The van der Waals surface area contributed by atoms with Crippen LogP contribution in [0.15, 0.2) is 0 Å². The first kappa shape index (κ1) is 16.6. The molecule has 1 rings (SSSR count). The second kappa shape index (κ2) is 6.78. The van der Waals surface area contributed by atoms with Crippen molar-refractivity contribution in [1.29, 1.82) is 0 Å². The summed E-state index contributed by atoms with van der Waals surface area (Å²) in [5, 5.41) is 9.18. The minimum absolute atomic E-state index is 0.0327. The Morgan fingerprint density at radius 2 is 2.10 bits per heavy atom. The van der Waals surface area contributed by atoms with E-state index in [0.29, 0.717) is 5.92 Å². The SMILES string of the molecule is C#CCCC[C@@H]1C[C@H]1OC(=O)C[C@H](C(=O)O)C(C)(C)C. The lowest BCUT2D eigenvalue weighted by Gasteiger charge is -2.26. The van der Waals surface area contributed by atoms with E-state index in [4.69, 9.17) is 11.2 Å². The summed E-state index contributed by atoms with van der Waals surface area (Å²) >= 11 is 0. The molecule has 1 fully saturated rings. The number of carboxylic acid groups (broad SMARTS) is 1. The molecule has 3 atom stereocenters. The summed E-state index contributed by atoms with van der Waals surface area (Å²) in [6.07, 6.45) is 8.65. The van der Waals surface area contributed by atoms with Gasteiger partial charge in [-0.3, -0.25) is 9.59 Å². The molecule has 0 aromatic heterocycles. The fourth-order valence-corrected chi connectivity index (χ4v) is 2.28. The average molecular weight is 280 g/mol. The predicted octanol–water partition coefficient (Wildman–Crippen LogP) is 2.86. The average Bonchev–Trinajstić information content (AvgIpc) is 3.03. The van der Waals surface area contributed by atoms with E-state index in [2.05, 4.69) is 5.92 Å². The van der Waals surface area contributed by atoms with Gasteiger partial charge in [0.05, 0.1) is 12.3 Å². The van der Waals surface area contributed by atoms with Crippen molar-refractivity contribution in [2.45, 2.75) is 59.0 Å². The van der Waals surface area contributed by atoms with Crippen LogP contribution in [0.4, 0.5) is 0 Å². The van der Waals surface area contributed by atoms with Gasteiger partial charge in [-0.1, -0.05) is 20.8 Å². The van der Waals surface area contributed by atoms with Gasteiger partial charge in [0.2, 0.25) is 0 Å². The standard InChI is InChI=1S/C16H24O4/c1-5-6-7-8-11-9-13(11)20-14(17)10-12(15(18)19)16(2,3)4/h1,11-13H,6-10H2,2-4H3,(H,18,19)/t11-,12-,13-/m1/s1. The number of unbranched alkanes of at least 4 members (excludes halogenated alkanes) is 1. The topological polar surface area (TPSA) is 63.6 Å². The van der Waals surface area contributed by atoms with Gasteiger partial charge in [0.1, 0.15) is 6.10 Å². The number of hydrogen-bond donors (Lipinski definition) is 1. The molecule has 4 heteroatoms. The van der Waals surface area contributed by atoms with Gasteiger partial charge in [0.15, 0.2) is 0 Å². The third-order valence-electron chi connectivity index (χ3n) is 3.75. The van der Waals surface area contributed by atoms with E-state index >= 15 is 0 Å². The van der Waals surface area contributed by atoms with E-state index in [-0.39, 0.29) is 12.5 Å². The van der Waals surface area contributed by atoms with Crippen LogP contribution in [0, 0.1) is 29.6 Å². The minimum Gasteiger partial charge on any atom is -0.481 e. The third-order valence-corrected chi connectivity index (χ3v) is 3.75. The molecule has 1 aliphatic carbocycles. The summed E-state index contributed by atoms with van der Waals surface area (Å²) in [4.78, 5) is 23.0. The van der Waals surface area contributed by atoms with Gasteiger partial charge in [0, 0.05) is 6.42 Å². The molecule has 1 aliphatic rings. The Morgan fingerprint density at radius 1 is 1.45 bits per heavy atom. The fraction of sp³-hybridized carbons (Fsp3) is 0.750. The molecule has 0 spiro atoms. The molecule has 0 unspecified atom stereocenters. The number of rotatable bonds is 7. The van der Waals surface area contributed by atoms with Gasteiger partial charge in [-0.2, -0.15) is 0 Å². The molecular weight excluding hydrogens is 256 g/mol. The van der Waals surface area contributed by atoms with Gasteiger partial charge < -0.3 is 9.84 Å². The zero-order valence-corrected chi connectivity index (χ0v) is 12.5. The molecule has 20 heavy (non-hydrogen) atoms. The van der Waals surface area contributed by atoms with Crippen molar-refractivity contribution in [2.75, 3.05) is 0 Å². The molecular formula is C16H24O4. The van der Waals surface area contributed by atoms with E-state index < -0.39 is 23.3 Å². The van der Waals surface area contributed by atoms with Crippen LogP contribution >= 0.6 is 0 Å². The zero-order valence-electron chi connectivity index (χ0n) is 12.5. The maximum absolute atomic E-state index is 11.8. The summed E-state index contributed by atoms with van der Waals surface area (Å²) in [6, 6.07) is 0. The number of ether oxygens (including phenoxy) is 1. The molecule has 0 saturated heterocycles. The summed E-state index contributed by atoms with van der Waals surface area (Å²) in [5.41, 5.74) is -0.458. The number of carboxylic acids is 1. The Hall–Kier alpha value is -1.50. The predicted molar refractivity (Wildman–Crippen MR) is 75.9 cm³/mol. The van der Waals surface area contributed by atoms with Crippen LogP contribution in [-0.4, -0.2) is 23.1 Å². The van der Waals surface area contributed by atoms with E-state index in [1.165, 1.54) is 0 Å². The maximum atomic E-state index is 11.8. The molecule has 0 bridgehead atoms. The first-order chi connectivity index (χ1) is 9.25. The smallest absolute Gasteiger partial charge is 0.307 e. The number of carbonyl (C=O) groups is 2. The Labute approximate surface area is 120 Å². The number of carbonyl (C=O) groups excluding carboxylic acids is 1. The number of terminal acetylenes is 1. The largest absolute Gasteiger partial charge is 0.481 e. The van der Waals surface area contributed by atoms with Crippen LogP contribution in [0.3, 0.4) is 0 Å².